The topological polar surface area (TPSA) is 35.3 Å². The summed E-state index contributed by atoms with van der Waals surface area (Å²) < 4.78 is 49.4. The smallest absolute Gasteiger partial charge is 0.416 e. The largest absolute Gasteiger partial charge is 0.493 e. The zero-order valence-corrected chi connectivity index (χ0v) is 13.1. The molecule has 0 aliphatic rings. The number of ether oxygens (including phenoxy) is 1. The lowest BCUT2D eigenvalue weighted by Crippen LogP contribution is -2.04. The highest BCUT2D eigenvalue weighted by atomic mass is 19.4. The molecule has 4 rings (SSSR count). The summed E-state index contributed by atoms with van der Waals surface area (Å²) in [6, 6.07) is 14.0. The fourth-order valence-corrected chi connectivity index (χ4v) is 2.78. The van der Waals surface area contributed by atoms with Crippen LogP contribution in [-0.4, -0.2) is 12.1 Å². The van der Waals surface area contributed by atoms with Crippen molar-refractivity contribution in [2.75, 3.05) is 7.11 Å². The van der Waals surface area contributed by atoms with Crippen LogP contribution in [0.25, 0.3) is 33.3 Å². The number of hydrogen-bond acceptors (Lipinski definition) is 3. The standard InChI is InChI=1S/C19H12F3NO2/c1-24-16-10-14(11-6-8-12(9-7-11)19(20,21)22)23-17-13-4-2-3-5-15(13)25-18(16)17/h2-10H,1H3. The number of fused-ring (bicyclic) bond motifs is 3. The predicted molar refractivity (Wildman–Crippen MR) is 88.5 cm³/mol. The minimum Gasteiger partial charge on any atom is -0.493 e. The molecule has 0 radical (unpaired) electrons. The normalized spacial score (nSPS) is 12.0. The van der Waals surface area contributed by atoms with Gasteiger partial charge in [0.15, 0.2) is 11.3 Å². The molecule has 0 aliphatic heterocycles. The maximum atomic E-state index is 12.7. The van der Waals surface area contributed by atoms with E-state index >= 15 is 0 Å². The number of benzene rings is 2. The van der Waals surface area contributed by atoms with Crippen molar-refractivity contribution < 1.29 is 22.3 Å². The highest BCUT2D eigenvalue weighted by molar-refractivity contribution is 6.05. The summed E-state index contributed by atoms with van der Waals surface area (Å²) in [5.41, 5.74) is 2.19. The van der Waals surface area contributed by atoms with Gasteiger partial charge < -0.3 is 9.15 Å². The lowest BCUT2D eigenvalue weighted by molar-refractivity contribution is -0.137. The molecule has 0 unspecified atom stereocenters. The molecular formula is C19H12F3NO2. The number of hydrogen-bond donors (Lipinski definition) is 0. The van der Waals surface area contributed by atoms with Gasteiger partial charge in [-0.25, -0.2) is 4.98 Å². The van der Waals surface area contributed by atoms with Crippen molar-refractivity contribution in [1.82, 2.24) is 4.98 Å². The van der Waals surface area contributed by atoms with Gasteiger partial charge in [-0.1, -0.05) is 24.3 Å². The van der Waals surface area contributed by atoms with E-state index in [4.69, 9.17) is 9.15 Å². The average Bonchev–Trinajstić information content (AvgIpc) is 2.99. The molecule has 25 heavy (non-hydrogen) atoms. The van der Waals surface area contributed by atoms with E-state index in [-0.39, 0.29) is 0 Å². The quantitative estimate of drug-likeness (QED) is 0.470. The van der Waals surface area contributed by atoms with E-state index in [1.54, 1.807) is 6.07 Å². The van der Waals surface area contributed by atoms with Gasteiger partial charge in [0, 0.05) is 17.0 Å². The molecule has 6 heteroatoms. The molecule has 0 spiro atoms. The van der Waals surface area contributed by atoms with Gasteiger partial charge in [0.1, 0.15) is 11.1 Å². The van der Waals surface area contributed by atoms with Gasteiger partial charge in [-0.2, -0.15) is 13.2 Å². The fraction of sp³-hybridized carbons (Fsp3) is 0.105. The molecule has 0 saturated carbocycles. The van der Waals surface area contributed by atoms with Crippen LogP contribution in [-0.2, 0) is 6.18 Å². The molecule has 2 heterocycles. The van der Waals surface area contributed by atoms with Crippen molar-refractivity contribution in [3.63, 3.8) is 0 Å². The van der Waals surface area contributed by atoms with Crippen LogP contribution in [0.1, 0.15) is 5.56 Å². The number of para-hydroxylation sites is 1. The average molecular weight is 343 g/mol. The van der Waals surface area contributed by atoms with Gasteiger partial charge in [0.2, 0.25) is 0 Å². The van der Waals surface area contributed by atoms with Gasteiger partial charge >= 0.3 is 6.18 Å². The van der Waals surface area contributed by atoms with Crippen LogP contribution in [0.3, 0.4) is 0 Å². The Morgan fingerprint density at radius 1 is 1.00 bits per heavy atom. The number of furan rings is 1. The lowest BCUT2D eigenvalue weighted by atomic mass is 10.1. The maximum Gasteiger partial charge on any atom is 0.416 e. The highest BCUT2D eigenvalue weighted by Crippen LogP contribution is 2.37. The van der Waals surface area contributed by atoms with Gasteiger partial charge in [0.25, 0.3) is 0 Å². The van der Waals surface area contributed by atoms with E-state index in [9.17, 15) is 13.2 Å². The summed E-state index contributed by atoms with van der Waals surface area (Å²) in [6.45, 7) is 0. The van der Waals surface area contributed by atoms with Crippen molar-refractivity contribution in [3.05, 3.63) is 60.2 Å². The first kappa shape index (κ1) is 15.5. The Balaban J connectivity index is 1.91. The summed E-state index contributed by atoms with van der Waals surface area (Å²) in [5.74, 6) is 0.482. The molecule has 0 aliphatic carbocycles. The zero-order valence-electron chi connectivity index (χ0n) is 13.1. The number of halogens is 3. The molecule has 126 valence electrons. The lowest BCUT2D eigenvalue weighted by Gasteiger charge is -2.08. The van der Waals surface area contributed by atoms with Crippen LogP contribution in [0.5, 0.6) is 5.75 Å². The van der Waals surface area contributed by atoms with E-state index in [1.807, 2.05) is 24.3 Å². The Morgan fingerprint density at radius 3 is 2.40 bits per heavy atom. The van der Waals surface area contributed by atoms with E-state index < -0.39 is 11.7 Å². The Labute approximate surface area is 140 Å². The van der Waals surface area contributed by atoms with Crippen LogP contribution in [0.15, 0.2) is 59.0 Å². The summed E-state index contributed by atoms with van der Waals surface area (Å²) in [4.78, 5) is 4.58. The van der Waals surface area contributed by atoms with Crippen LogP contribution < -0.4 is 4.74 Å². The Hall–Kier alpha value is -3.02. The summed E-state index contributed by atoms with van der Waals surface area (Å²) in [7, 11) is 1.51. The second kappa shape index (κ2) is 5.51. The first-order valence-corrected chi connectivity index (χ1v) is 7.51. The second-order valence-corrected chi connectivity index (χ2v) is 5.56. The van der Waals surface area contributed by atoms with Crippen molar-refractivity contribution in [1.29, 1.82) is 0 Å². The molecule has 0 amide bonds. The van der Waals surface area contributed by atoms with E-state index in [0.29, 0.717) is 33.7 Å². The van der Waals surface area contributed by atoms with E-state index in [1.165, 1.54) is 19.2 Å². The molecule has 3 nitrogen and oxygen atoms in total. The molecule has 2 aromatic heterocycles. The first-order valence-electron chi connectivity index (χ1n) is 7.51. The Bertz CT molecular complexity index is 1070. The first-order chi connectivity index (χ1) is 12.0. The van der Waals surface area contributed by atoms with Gasteiger partial charge in [-0.05, 0) is 24.3 Å². The third kappa shape index (κ3) is 2.59. The monoisotopic (exact) mass is 343 g/mol. The molecule has 0 bridgehead atoms. The molecule has 2 aromatic carbocycles. The van der Waals surface area contributed by atoms with Crippen molar-refractivity contribution in [2.45, 2.75) is 6.18 Å². The summed E-state index contributed by atoms with van der Waals surface area (Å²) in [6.07, 6.45) is -4.37. The number of pyridine rings is 1. The SMILES string of the molecule is COc1cc(-c2ccc(C(F)(F)F)cc2)nc2c1oc1ccccc12. The van der Waals surface area contributed by atoms with Crippen molar-refractivity contribution in [2.24, 2.45) is 0 Å². The van der Waals surface area contributed by atoms with Crippen molar-refractivity contribution in [3.8, 4) is 17.0 Å². The van der Waals surface area contributed by atoms with Crippen LogP contribution in [0.2, 0.25) is 0 Å². The summed E-state index contributed by atoms with van der Waals surface area (Å²) in [5, 5.41) is 0.824. The van der Waals surface area contributed by atoms with E-state index in [0.717, 1.165) is 17.5 Å². The Morgan fingerprint density at radius 2 is 1.72 bits per heavy atom. The van der Waals surface area contributed by atoms with Gasteiger partial charge in [0.05, 0.1) is 18.4 Å². The van der Waals surface area contributed by atoms with Gasteiger partial charge in [-0.15, -0.1) is 0 Å². The number of nitrogens with zero attached hydrogens (tertiary/aromatic N) is 1. The van der Waals surface area contributed by atoms with Gasteiger partial charge in [-0.3, -0.25) is 0 Å². The van der Waals surface area contributed by atoms with Crippen LogP contribution in [0, 0.1) is 0 Å². The zero-order chi connectivity index (χ0) is 17.6. The number of methoxy groups -OCH3 is 1. The van der Waals surface area contributed by atoms with Crippen LogP contribution >= 0.6 is 0 Å². The van der Waals surface area contributed by atoms with Crippen LogP contribution in [0.4, 0.5) is 13.2 Å². The third-order valence-electron chi connectivity index (χ3n) is 4.02. The Kier molecular flexibility index (Phi) is 3.42. The van der Waals surface area contributed by atoms with E-state index in [2.05, 4.69) is 4.98 Å². The molecule has 0 fully saturated rings. The fourth-order valence-electron chi connectivity index (χ4n) is 2.78. The minimum absolute atomic E-state index is 0.482. The molecule has 4 aromatic rings. The maximum absolute atomic E-state index is 12.7. The number of aromatic nitrogens is 1. The number of alkyl halides is 3. The molecule has 0 atom stereocenters. The molecular weight excluding hydrogens is 331 g/mol. The minimum atomic E-state index is -4.37. The second-order valence-electron chi connectivity index (χ2n) is 5.56. The van der Waals surface area contributed by atoms with Crippen molar-refractivity contribution >= 4 is 22.1 Å². The third-order valence-corrected chi connectivity index (χ3v) is 4.02. The number of rotatable bonds is 2. The molecule has 0 saturated heterocycles. The predicted octanol–water partition coefficient (Wildman–Crippen LogP) is 5.68. The summed E-state index contributed by atoms with van der Waals surface area (Å²) >= 11 is 0. The highest BCUT2D eigenvalue weighted by Gasteiger charge is 2.30. The molecule has 0 N–H and O–H groups in total.